The molecule has 0 amide bonds. The maximum absolute atomic E-state index is 10.3. The summed E-state index contributed by atoms with van der Waals surface area (Å²) in [6, 6.07) is 0. The molecule has 3 N–H and O–H groups in total. The van der Waals surface area contributed by atoms with Crippen molar-refractivity contribution in [2.75, 3.05) is 32.8 Å². The Morgan fingerprint density at radius 2 is 1.89 bits per heavy atom. The van der Waals surface area contributed by atoms with Gasteiger partial charge in [-0.05, 0) is 38.6 Å². The molecule has 1 saturated heterocycles. The fraction of sp³-hybridized carbons (Fsp3) is 1.00. The maximum Gasteiger partial charge on any atom is 0.0768 e. The van der Waals surface area contributed by atoms with E-state index in [2.05, 4.69) is 18.7 Å². The van der Waals surface area contributed by atoms with Gasteiger partial charge in [-0.25, -0.2) is 0 Å². The molecule has 4 heteroatoms. The molecule has 0 aliphatic carbocycles. The summed E-state index contributed by atoms with van der Waals surface area (Å²) in [6.45, 7) is 8.49. The summed E-state index contributed by atoms with van der Waals surface area (Å²) in [4.78, 5) is 2.37. The van der Waals surface area contributed by atoms with Gasteiger partial charge in [-0.1, -0.05) is 13.8 Å². The van der Waals surface area contributed by atoms with Crippen LogP contribution in [0.15, 0.2) is 0 Å². The van der Waals surface area contributed by atoms with Crippen molar-refractivity contribution in [2.24, 2.45) is 5.73 Å². The fourth-order valence-corrected chi connectivity index (χ4v) is 2.46. The molecule has 1 heterocycles. The molecule has 0 bridgehead atoms. The lowest BCUT2D eigenvalue weighted by Crippen LogP contribution is -2.46. The second kappa shape index (κ2) is 8.10. The van der Waals surface area contributed by atoms with Crippen molar-refractivity contribution in [2.45, 2.75) is 57.7 Å². The van der Waals surface area contributed by atoms with Crippen LogP contribution in [0.4, 0.5) is 0 Å². The zero-order valence-electron chi connectivity index (χ0n) is 12.0. The van der Waals surface area contributed by atoms with E-state index < -0.39 is 5.60 Å². The van der Waals surface area contributed by atoms with E-state index in [9.17, 15) is 5.11 Å². The summed E-state index contributed by atoms with van der Waals surface area (Å²) in [5.41, 5.74) is 4.94. The van der Waals surface area contributed by atoms with Crippen LogP contribution in [0.2, 0.25) is 0 Å². The number of hydrogen-bond acceptors (Lipinski definition) is 4. The minimum Gasteiger partial charge on any atom is -0.389 e. The molecule has 0 atom stereocenters. The van der Waals surface area contributed by atoms with Crippen molar-refractivity contribution in [1.29, 1.82) is 0 Å². The van der Waals surface area contributed by atoms with Crippen LogP contribution in [0.3, 0.4) is 0 Å². The molecule has 0 radical (unpaired) electrons. The SMILES string of the molecule is CCC(O)(CC)CN1CCC(OCCCN)CC1. The average Bonchev–Trinajstić information content (AvgIpc) is 2.41. The second-order valence-electron chi connectivity index (χ2n) is 5.42. The Labute approximate surface area is 111 Å². The van der Waals surface area contributed by atoms with Crippen LogP contribution in [0, 0.1) is 0 Å². The normalized spacial score (nSPS) is 19.3. The van der Waals surface area contributed by atoms with Gasteiger partial charge in [-0.2, -0.15) is 0 Å². The molecular formula is C14H30N2O2. The van der Waals surface area contributed by atoms with Gasteiger partial charge in [0.1, 0.15) is 0 Å². The number of ether oxygens (including phenoxy) is 1. The number of β-amino-alcohol motifs (C(OH)–C–C–N with tert-alkyl or cyclic N) is 1. The van der Waals surface area contributed by atoms with Crippen molar-refractivity contribution in [3.05, 3.63) is 0 Å². The summed E-state index contributed by atoms with van der Waals surface area (Å²) >= 11 is 0. The lowest BCUT2D eigenvalue weighted by Gasteiger charge is -2.37. The average molecular weight is 258 g/mol. The minimum atomic E-state index is -0.507. The van der Waals surface area contributed by atoms with E-state index in [4.69, 9.17) is 10.5 Å². The van der Waals surface area contributed by atoms with Crippen molar-refractivity contribution < 1.29 is 9.84 Å². The smallest absolute Gasteiger partial charge is 0.0768 e. The van der Waals surface area contributed by atoms with Crippen LogP contribution in [0.1, 0.15) is 46.0 Å². The molecule has 1 aliphatic heterocycles. The Morgan fingerprint density at radius 3 is 2.39 bits per heavy atom. The van der Waals surface area contributed by atoms with Crippen LogP contribution in [0.25, 0.3) is 0 Å². The van der Waals surface area contributed by atoms with E-state index in [0.29, 0.717) is 12.6 Å². The van der Waals surface area contributed by atoms with E-state index in [-0.39, 0.29) is 0 Å². The molecule has 0 saturated carbocycles. The molecule has 0 unspecified atom stereocenters. The third-order valence-corrected chi connectivity index (χ3v) is 4.07. The molecular weight excluding hydrogens is 228 g/mol. The Balaban J connectivity index is 2.22. The zero-order chi connectivity index (χ0) is 13.4. The molecule has 0 spiro atoms. The first kappa shape index (κ1) is 15.9. The van der Waals surface area contributed by atoms with Crippen molar-refractivity contribution >= 4 is 0 Å². The monoisotopic (exact) mass is 258 g/mol. The number of nitrogens with two attached hydrogens (primary N) is 1. The van der Waals surface area contributed by atoms with Crippen LogP contribution in [-0.2, 0) is 4.74 Å². The number of hydrogen-bond donors (Lipinski definition) is 2. The standard InChI is InChI=1S/C14H30N2O2/c1-3-14(17,4-2)12-16-9-6-13(7-10-16)18-11-5-8-15/h13,17H,3-12,15H2,1-2H3. The first-order valence-corrected chi connectivity index (χ1v) is 7.40. The van der Waals surface area contributed by atoms with Gasteiger partial charge in [-0.3, -0.25) is 0 Å². The molecule has 1 aliphatic rings. The van der Waals surface area contributed by atoms with Gasteiger partial charge in [0.05, 0.1) is 11.7 Å². The van der Waals surface area contributed by atoms with E-state index in [0.717, 1.165) is 58.3 Å². The van der Waals surface area contributed by atoms with E-state index >= 15 is 0 Å². The number of piperidine rings is 1. The highest BCUT2D eigenvalue weighted by atomic mass is 16.5. The highest BCUT2D eigenvalue weighted by Gasteiger charge is 2.28. The summed E-state index contributed by atoms with van der Waals surface area (Å²) in [6.07, 6.45) is 5.16. The first-order chi connectivity index (χ1) is 8.63. The minimum absolute atomic E-state index is 0.393. The Bertz CT molecular complexity index is 212. The third kappa shape index (κ3) is 5.22. The van der Waals surface area contributed by atoms with Gasteiger partial charge in [0, 0.05) is 26.2 Å². The van der Waals surface area contributed by atoms with Gasteiger partial charge < -0.3 is 20.5 Å². The van der Waals surface area contributed by atoms with Gasteiger partial charge >= 0.3 is 0 Å². The van der Waals surface area contributed by atoms with Crippen LogP contribution < -0.4 is 5.73 Å². The number of aliphatic hydroxyl groups is 1. The first-order valence-electron chi connectivity index (χ1n) is 7.40. The van der Waals surface area contributed by atoms with Crippen LogP contribution in [0.5, 0.6) is 0 Å². The molecule has 0 aromatic rings. The maximum atomic E-state index is 10.3. The van der Waals surface area contributed by atoms with Crippen molar-refractivity contribution in [1.82, 2.24) is 4.90 Å². The highest BCUT2D eigenvalue weighted by Crippen LogP contribution is 2.20. The van der Waals surface area contributed by atoms with Crippen LogP contribution >= 0.6 is 0 Å². The van der Waals surface area contributed by atoms with Crippen LogP contribution in [-0.4, -0.2) is 54.5 Å². The van der Waals surface area contributed by atoms with E-state index in [1.165, 1.54) is 0 Å². The summed E-state index contributed by atoms with van der Waals surface area (Å²) < 4.78 is 5.79. The number of likely N-dealkylation sites (tertiary alicyclic amines) is 1. The largest absolute Gasteiger partial charge is 0.389 e. The summed E-state index contributed by atoms with van der Waals surface area (Å²) in [5.74, 6) is 0. The number of nitrogens with zero attached hydrogens (tertiary/aromatic N) is 1. The van der Waals surface area contributed by atoms with Gasteiger partial charge in [0.25, 0.3) is 0 Å². The lowest BCUT2D eigenvalue weighted by molar-refractivity contribution is -0.0350. The fourth-order valence-electron chi connectivity index (χ4n) is 2.46. The summed E-state index contributed by atoms with van der Waals surface area (Å²) in [5, 5.41) is 10.3. The predicted molar refractivity (Wildman–Crippen MR) is 74.6 cm³/mol. The Morgan fingerprint density at radius 1 is 1.28 bits per heavy atom. The van der Waals surface area contributed by atoms with Gasteiger partial charge in [0.2, 0.25) is 0 Å². The van der Waals surface area contributed by atoms with Crippen molar-refractivity contribution in [3.63, 3.8) is 0 Å². The highest BCUT2D eigenvalue weighted by molar-refractivity contribution is 4.82. The number of rotatable bonds is 8. The molecule has 1 rings (SSSR count). The summed E-state index contributed by atoms with van der Waals surface area (Å²) in [7, 11) is 0. The van der Waals surface area contributed by atoms with E-state index in [1.54, 1.807) is 0 Å². The third-order valence-electron chi connectivity index (χ3n) is 4.07. The van der Waals surface area contributed by atoms with E-state index in [1.807, 2.05) is 0 Å². The lowest BCUT2D eigenvalue weighted by atomic mass is 9.95. The topological polar surface area (TPSA) is 58.7 Å². The molecule has 108 valence electrons. The quantitative estimate of drug-likeness (QED) is 0.646. The Kier molecular flexibility index (Phi) is 7.15. The molecule has 18 heavy (non-hydrogen) atoms. The predicted octanol–water partition coefficient (Wildman–Crippen LogP) is 1.37. The molecule has 0 aromatic heterocycles. The molecule has 4 nitrogen and oxygen atoms in total. The van der Waals surface area contributed by atoms with Gasteiger partial charge in [0.15, 0.2) is 0 Å². The second-order valence-corrected chi connectivity index (χ2v) is 5.42. The molecule has 1 fully saturated rings. The van der Waals surface area contributed by atoms with Crippen molar-refractivity contribution in [3.8, 4) is 0 Å². The van der Waals surface area contributed by atoms with Gasteiger partial charge in [-0.15, -0.1) is 0 Å². The zero-order valence-corrected chi connectivity index (χ0v) is 12.0. The molecule has 0 aromatic carbocycles. The Hall–Kier alpha value is -0.160.